The molecule has 2 rings (SSSR count). The van der Waals surface area contributed by atoms with E-state index in [1.165, 1.54) is 5.56 Å². The highest BCUT2D eigenvalue weighted by Gasteiger charge is 2.08. The van der Waals surface area contributed by atoms with Crippen molar-refractivity contribution in [2.75, 3.05) is 13.7 Å². The molecule has 3 nitrogen and oxygen atoms in total. The first-order chi connectivity index (χ1) is 7.26. The third-order valence-corrected chi connectivity index (χ3v) is 2.75. The number of ether oxygens (including phenoxy) is 1. The van der Waals surface area contributed by atoms with Gasteiger partial charge in [0.1, 0.15) is 5.75 Å². The number of fused-ring (bicyclic) bond motifs is 1. The lowest BCUT2D eigenvalue weighted by Crippen LogP contribution is -2.01. The molecule has 88 valence electrons. The van der Waals surface area contributed by atoms with E-state index in [0.717, 1.165) is 23.1 Å². The Hall–Kier alpha value is -0.900. The normalized spacial score (nSPS) is 10.2. The smallest absolute Gasteiger partial charge is 0.121 e. The van der Waals surface area contributed by atoms with Gasteiger partial charge in [0, 0.05) is 17.6 Å². The summed E-state index contributed by atoms with van der Waals surface area (Å²) in [7, 11) is 1.63. The Bertz CT molecular complexity index is 482. The number of H-pyrrole nitrogens is 1. The zero-order valence-electron chi connectivity index (χ0n) is 8.92. The molecule has 0 saturated carbocycles. The highest BCUT2D eigenvalue weighted by molar-refractivity contribution is 6.35. The molecule has 0 saturated heterocycles. The second kappa shape index (κ2) is 5.43. The first kappa shape index (κ1) is 13.2. The highest BCUT2D eigenvalue weighted by Crippen LogP contribution is 2.30. The summed E-state index contributed by atoms with van der Waals surface area (Å²) in [5.41, 5.74) is 7.66. The first-order valence-electron chi connectivity index (χ1n) is 4.80. The maximum absolute atomic E-state index is 6.11. The van der Waals surface area contributed by atoms with Crippen LogP contribution in [0.3, 0.4) is 0 Å². The van der Waals surface area contributed by atoms with Gasteiger partial charge < -0.3 is 15.5 Å². The molecule has 16 heavy (non-hydrogen) atoms. The van der Waals surface area contributed by atoms with Crippen molar-refractivity contribution in [3.8, 4) is 5.75 Å². The summed E-state index contributed by atoms with van der Waals surface area (Å²) < 4.78 is 5.18. The number of halogens is 2. The van der Waals surface area contributed by atoms with Crippen molar-refractivity contribution in [3.05, 3.63) is 28.9 Å². The van der Waals surface area contributed by atoms with Crippen LogP contribution >= 0.6 is 24.0 Å². The Balaban J connectivity index is 0.00000128. The zero-order valence-corrected chi connectivity index (χ0v) is 10.5. The lowest BCUT2D eigenvalue weighted by atomic mass is 10.1. The van der Waals surface area contributed by atoms with E-state index in [2.05, 4.69) is 4.98 Å². The molecule has 1 aromatic heterocycles. The van der Waals surface area contributed by atoms with Gasteiger partial charge in [-0.1, -0.05) is 11.6 Å². The van der Waals surface area contributed by atoms with Gasteiger partial charge >= 0.3 is 0 Å². The summed E-state index contributed by atoms with van der Waals surface area (Å²) in [5.74, 6) is 0.769. The zero-order chi connectivity index (χ0) is 10.8. The van der Waals surface area contributed by atoms with Crippen LogP contribution in [0.2, 0.25) is 5.02 Å². The molecule has 0 aliphatic rings. The van der Waals surface area contributed by atoms with Crippen molar-refractivity contribution in [3.63, 3.8) is 0 Å². The fourth-order valence-corrected chi connectivity index (χ4v) is 1.96. The number of rotatable bonds is 3. The number of aromatic amines is 1. The van der Waals surface area contributed by atoms with E-state index in [9.17, 15) is 0 Å². The van der Waals surface area contributed by atoms with Crippen molar-refractivity contribution in [1.82, 2.24) is 4.98 Å². The SMILES string of the molecule is COc1cc(Cl)c2[nH]cc(CCN)c2c1.Cl. The van der Waals surface area contributed by atoms with Crippen LogP contribution < -0.4 is 10.5 Å². The number of benzene rings is 1. The van der Waals surface area contributed by atoms with Gasteiger partial charge in [0.05, 0.1) is 17.6 Å². The van der Waals surface area contributed by atoms with Crippen molar-refractivity contribution >= 4 is 34.9 Å². The second-order valence-corrected chi connectivity index (χ2v) is 3.79. The van der Waals surface area contributed by atoms with Crippen molar-refractivity contribution in [2.24, 2.45) is 5.73 Å². The fourth-order valence-electron chi connectivity index (χ4n) is 1.70. The second-order valence-electron chi connectivity index (χ2n) is 3.38. The van der Waals surface area contributed by atoms with Crippen LogP contribution in [-0.2, 0) is 6.42 Å². The molecule has 0 aliphatic carbocycles. The number of aromatic nitrogens is 1. The third kappa shape index (κ3) is 2.26. The predicted molar refractivity (Wildman–Crippen MR) is 69.9 cm³/mol. The fraction of sp³-hybridized carbons (Fsp3) is 0.273. The lowest BCUT2D eigenvalue weighted by Gasteiger charge is -2.03. The van der Waals surface area contributed by atoms with E-state index in [0.29, 0.717) is 11.6 Å². The summed E-state index contributed by atoms with van der Waals surface area (Å²) in [5, 5.41) is 1.76. The molecule has 0 amide bonds. The van der Waals surface area contributed by atoms with Crippen LogP contribution in [0.15, 0.2) is 18.3 Å². The van der Waals surface area contributed by atoms with Crippen LogP contribution in [0, 0.1) is 0 Å². The van der Waals surface area contributed by atoms with Gasteiger partial charge in [0.2, 0.25) is 0 Å². The van der Waals surface area contributed by atoms with Crippen molar-refractivity contribution in [2.45, 2.75) is 6.42 Å². The van der Waals surface area contributed by atoms with Gasteiger partial charge in [-0.2, -0.15) is 0 Å². The Kier molecular flexibility index (Phi) is 4.47. The van der Waals surface area contributed by atoms with Crippen LogP contribution in [-0.4, -0.2) is 18.6 Å². The number of hydrogen-bond donors (Lipinski definition) is 2. The molecule has 0 fully saturated rings. The summed E-state index contributed by atoms with van der Waals surface area (Å²) in [6, 6.07) is 3.77. The molecule has 3 N–H and O–H groups in total. The van der Waals surface area contributed by atoms with Gasteiger partial charge in [-0.25, -0.2) is 0 Å². The molecule has 5 heteroatoms. The van der Waals surface area contributed by atoms with Gasteiger partial charge in [-0.3, -0.25) is 0 Å². The topological polar surface area (TPSA) is 51.0 Å². The van der Waals surface area contributed by atoms with Gasteiger partial charge in [0.15, 0.2) is 0 Å². The number of hydrogen-bond acceptors (Lipinski definition) is 2. The van der Waals surface area contributed by atoms with E-state index >= 15 is 0 Å². The monoisotopic (exact) mass is 260 g/mol. The van der Waals surface area contributed by atoms with E-state index in [4.69, 9.17) is 22.1 Å². The number of methoxy groups -OCH3 is 1. The summed E-state index contributed by atoms with van der Waals surface area (Å²) >= 11 is 6.11. The van der Waals surface area contributed by atoms with Crippen LogP contribution in [0.5, 0.6) is 5.75 Å². The van der Waals surface area contributed by atoms with E-state index in [-0.39, 0.29) is 12.4 Å². The highest BCUT2D eigenvalue weighted by atomic mass is 35.5. The van der Waals surface area contributed by atoms with Crippen LogP contribution in [0.25, 0.3) is 10.9 Å². The molecule has 0 bridgehead atoms. The minimum Gasteiger partial charge on any atom is -0.497 e. The molecule has 0 radical (unpaired) electrons. The van der Waals surface area contributed by atoms with Crippen molar-refractivity contribution in [1.29, 1.82) is 0 Å². The van der Waals surface area contributed by atoms with Crippen LogP contribution in [0.4, 0.5) is 0 Å². The molecule has 0 atom stereocenters. The molecule has 1 aromatic carbocycles. The molecule has 0 unspecified atom stereocenters. The predicted octanol–water partition coefficient (Wildman–Crippen LogP) is 2.75. The Morgan fingerprint density at radius 1 is 1.44 bits per heavy atom. The van der Waals surface area contributed by atoms with E-state index in [1.54, 1.807) is 13.2 Å². The van der Waals surface area contributed by atoms with E-state index < -0.39 is 0 Å². The number of nitrogens with one attached hydrogen (secondary N) is 1. The summed E-state index contributed by atoms with van der Waals surface area (Å²) in [4.78, 5) is 3.15. The average Bonchev–Trinajstić information content (AvgIpc) is 2.63. The molecule has 0 spiro atoms. The maximum atomic E-state index is 6.11. The number of nitrogens with two attached hydrogens (primary N) is 1. The summed E-state index contributed by atoms with van der Waals surface area (Å²) in [6.07, 6.45) is 2.78. The Morgan fingerprint density at radius 2 is 2.19 bits per heavy atom. The van der Waals surface area contributed by atoms with Gasteiger partial charge in [0.25, 0.3) is 0 Å². The third-order valence-electron chi connectivity index (χ3n) is 2.45. The minimum atomic E-state index is 0. The first-order valence-corrected chi connectivity index (χ1v) is 5.17. The average molecular weight is 261 g/mol. The maximum Gasteiger partial charge on any atom is 0.121 e. The summed E-state index contributed by atoms with van der Waals surface area (Å²) in [6.45, 7) is 0.627. The molecule has 0 aliphatic heterocycles. The van der Waals surface area contributed by atoms with Crippen molar-refractivity contribution < 1.29 is 4.74 Å². The quantitative estimate of drug-likeness (QED) is 0.892. The molecule has 2 aromatic rings. The largest absolute Gasteiger partial charge is 0.497 e. The standard InChI is InChI=1S/C11H13ClN2O.ClH/c1-15-8-4-9-7(2-3-13)6-14-11(9)10(12)5-8;/h4-6,14H,2-3,13H2,1H3;1H. The van der Waals surface area contributed by atoms with Gasteiger partial charge in [-0.05, 0) is 24.6 Å². The lowest BCUT2D eigenvalue weighted by molar-refractivity contribution is 0.415. The van der Waals surface area contributed by atoms with Gasteiger partial charge in [-0.15, -0.1) is 12.4 Å². The Morgan fingerprint density at radius 3 is 2.81 bits per heavy atom. The Labute approximate surface area is 105 Å². The molecular weight excluding hydrogens is 247 g/mol. The van der Waals surface area contributed by atoms with E-state index in [1.807, 2.05) is 12.3 Å². The minimum absolute atomic E-state index is 0. The molecule has 1 heterocycles. The van der Waals surface area contributed by atoms with Crippen LogP contribution in [0.1, 0.15) is 5.56 Å². The molecular formula is C11H14Cl2N2O.